The highest BCUT2D eigenvalue weighted by molar-refractivity contribution is 7.47. The van der Waals surface area contributed by atoms with Crippen LogP contribution in [0.5, 0.6) is 0 Å². The first kappa shape index (κ1) is 120. The van der Waals surface area contributed by atoms with Gasteiger partial charge in [0.2, 0.25) is 0 Å². The molecule has 4 N–H and O–H groups in total. The van der Waals surface area contributed by atoms with Crippen molar-refractivity contribution in [3.8, 4) is 0 Å². The lowest BCUT2D eigenvalue weighted by Crippen LogP contribution is -2.30. The summed E-state index contributed by atoms with van der Waals surface area (Å²) in [5.74, 6) is -1.58. The van der Waals surface area contributed by atoms with E-state index in [-0.39, 0.29) is 19.3 Å². The molecule has 0 heterocycles. The molecule has 0 saturated carbocycles. The first-order chi connectivity index (χ1) is 61.2. The highest BCUT2D eigenvalue weighted by atomic mass is 31.2. The molecular weight excluding hydrogens is 1600 g/mol. The summed E-state index contributed by atoms with van der Waals surface area (Å²) in [5, 5.41) is 20.8. The van der Waals surface area contributed by atoms with Crippen LogP contribution in [0.15, 0.2) is 182 Å². The number of hydrogen-bond donors (Lipinski definition) is 4. The summed E-state index contributed by atoms with van der Waals surface area (Å²) < 4.78 is 61.6. The zero-order valence-electron chi connectivity index (χ0n) is 79.2. The van der Waals surface area contributed by atoms with E-state index >= 15 is 0 Å². The van der Waals surface area contributed by atoms with Crippen LogP contribution in [0.2, 0.25) is 0 Å². The Morgan fingerprint density at radius 1 is 0.232 bits per heavy atom. The van der Waals surface area contributed by atoms with E-state index in [4.69, 9.17) is 32.3 Å². The molecule has 0 aliphatic rings. The Morgan fingerprint density at radius 2 is 0.424 bits per heavy atom. The number of ether oxygens (including phenoxy) is 3. The maximum Gasteiger partial charge on any atom is 0.472 e. The SMILES string of the molecule is CC/C=C\C/C=C\C/C=C\C/C=C\C/C=C\C/C=C\CCCCCCCCCCCCCCC(=O)OCC(COP(=O)(O)OCC(O)COP(=O)(O)OCC(O)COC(=O)CCCCCCCCCCCCCCCCCCCCC/C=C\C/C=C\C/C=C\C/C=C\C/C=C\CC)OC(=O)CCCCCCCCC/C=C\C/C=C\C/C=C\C/C=C\CCCCC. The maximum atomic E-state index is 13.1. The van der Waals surface area contributed by atoms with Crippen molar-refractivity contribution < 1.29 is 75.8 Å². The normalized spacial score (nSPS) is 14.5. The van der Waals surface area contributed by atoms with Gasteiger partial charge in [-0.2, -0.15) is 0 Å². The molecule has 16 nitrogen and oxygen atoms in total. The molecule has 0 aliphatic heterocycles. The highest BCUT2D eigenvalue weighted by Crippen LogP contribution is 2.45. The Labute approximate surface area is 764 Å². The van der Waals surface area contributed by atoms with Crippen molar-refractivity contribution >= 4 is 33.6 Å². The lowest BCUT2D eigenvalue weighted by molar-refractivity contribution is -0.161. The van der Waals surface area contributed by atoms with Crippen LogP contribution in [0.3, 0.4) is 0 Å². The largest absolute Gasteiger partial charge is 0.472 e. The average Bonchev–Trinajstić information content (AvgIpc) is 0.901. The van der Waals surface area contributed by atoms with Gasteiger partial charge in [0, 0.05) is 19.3 Å². The Hall–Kier alpha value is -5.35. The van der Waals surface area contributed by atoms with Gasteiger partial charge in [0.25, 0.3) is 0 Å². The van der Waals surface area contributed by atoms with Crippen LogP contribution in [-0.2, 0) is 55.8 Å². The second-order valence-electron chi connectivity index (χ2n) is 33.2. The van der Waals surface area contributed by atoms with Crippen molar-refractivity contribution in [1.29, 1.82) is 0 Å². The Kier molecular flexibility index (Phi) is 93.5. The van der Waals surface area contributed by atoms with Gasteiger partial charge in [0.05, 0.1) is 26.4 Å². The molecule has 5 unspecified atom stereocenters. The molecule has 0 aromatic carbocycles. The molecule has 0 fully saturated rings. The van der Waals surface area contributed by atoms with E-state index in [0.717, 1.165) is 186 Å². The summed E-state index contributed by atoms with van der Waals surface area (Å²) in [4.78, 5) is 59.2. The van der Waals surface area contributed by atoms with Crippen LogP contribution < -0.4 is 0 Å². The molecule has 125 heavy (non-hydrogen) atoms. The predicted octanol–water partition coefficient (Wildman–Crippen LogP) is 31.6. The van der Waals surface area contributed by atoms with Crippen molar-refractivity contribution in [2.24, 2.45) is 0 Å². The number of rotatable bonds is 94. The van der Waals surface area contributed by atoms with Gasteiger partial charge in [-0.05, 0) is 161 Å². The van der Waals surface area contributed by atoms with E-state index in [2.05, 4.69) is 203 Å². The maximum absolute atomic E-state index is 13.1. The number of aliphatic hydroxyl groups is 2. The molecule has 0 aromatic heterocycles. The van der Waals surface area contributed by atoms with Gasteiger partial charge in [-0.25, -0.2) is 9.13 Å². The van der Waals surface area contributed by atoms with Gasteiger partial charge in [-0.3, -0.25) is 32.5 Å². The first-order valence-corrected chi connectivity index (χ1v) is 53.1. The molecular formula is C107H182O16P2. The van der Waals surface area contributed by atoms with Crippen molar-refractivity contribution in [3.63, 3.8) is 0 Å². The second-order valence-corrected chi connectivity index (χ2v) is 36.1. The van der Waals surface area contributed by atoms with Crippen molar-refractivity contribution in [3.05, 3.63) is 182 Å². The van der Waals surface area contributed by atoms with Crippen molar-refractivity contribution in [2.45, 2.75) is 437 Å². The van der Waals surface area contributed by atoms with Crippen LogP contribution in [0.25, 0.3) is 0 Å². The van der Waals surface area contributed by atoms with Crippen molar-refractivity contribution in [1.82, 2.24) is 0 Å². The van der Waals surface area contributed by atoms with Gasteiger partial charge >= 0.3 is 33.6 Å². The number of unbranched alkanes of at least 4 members (excludes halogenated alkanes) is 41. The fraction of sp³-hybridized carbons (Fsp3) is 0.692. The number of hydrogen-bond acceptors (Lipinski definition) is 14. The van der Waals surface area contributed by atoms with E-state index in [1.807, 2.05) is 0 Å². The third-order valence-electron chi connectivity index (χ3n) is 21.1. The Balaban J connectivity index is 4.57. The zero-order chi connectivity index (χ0) is 90.7. The fourth-order valence-electron chi connectivity index (χ4n) is 13.6. The summed E-state index contributed by atoms with van der Waals surface area (Å²) in [6.45, 7) is 2.47. The lowest BCUT2D eigenvalue weighted by atomic mass is 10.0. The van der Waals surface area contributed by atoms with Gasteiger partial charge in [0.1, 0.15) is 25.4 Å². The molecule has 716 valence electrons. The molecule has 0 aliphatic carbocycles. The summed E-state index contributed by atoms with van der Waals surface area (Å²) in [6.07, 6.45) is 129. The minimum absolute atomic E-state index is 0.0880. The number of phosphoric acid groups is 2. The number of esters is 3. The topological polar surface area (TPSA) is 231 Å². The molecule has 18 heteroatoms. The summed E-state index contributed by atoms with van der Waals surface area (Å²) in [5.41, 5.74) is 0. The summed E-state index contributed by atoms with van der Waals surface area (Å²) in [6, 6.07) is 0. The number of allylic oxidation sites excluding steroid dienone is 30. The molecule has 0 bridgehead atoms. The molecule has 0 rings (SSSR count). The minimum atomic E-state index is -4.95. The second kappa shape index (κ2) is 97.7. The third kappa shape index (κ3) is 99.1. The van der Waals surface area contributed by atoms with E-state index < -0.39 is 91.5 Å². The van der Waals surface area contributed by atoms with Crippen LogP contribution in [0.1, 0.15) is 419 Å². The quantitative estimate of drug-likeness (QED) is 0.0146. The number of phosphoric ester groups is 2. The monoisotopic (exact) mass is 1790 g/mol. The van der Waals surface area contributed by atoms with Crippen molar-refractivity contribution in [2.75, 3.05) is 39.6 Å². The predicted molar refractivity (Wildman–Crippen MR) is 528 cm³/mol. The van der Waals surface area contributed by atoms with Crippen LogP contribution >= 0.6 is 15.6 Å². The standard InChI is InChI=1S/C107H182O16P2/c1-4-7-10-13-16-19-22-25-28-31-34-37-40-42-44-46-48-49-50-51-53-55-56-58-61-63-66-69-72-75-78-81-84-87-90-93-105(110)117-96-102(108)97-119-124(113,114)120-98-103(109)99-121-125(115,116)122-101-104(123-107(112)95-92-89-86-83-80-77-74-71-68-65-60-39-36-33-30-27-24-21-18-15-12-9-6-3)100-118-106(111)94-91-88-85-82-79-76-73-70-67-64-62-59-57-54-52-47-45-43-41-38-35-32-29-26-23-20-17-14-11-8-5-2/h7-8,10-11,16-21,25-30,34-39,42-45,52,54,65,68,102-104,108-109H,4-6,9,12-15,22-24,31-33,40-41,46-51,53,55-64,66-67,69-101H2,1-3H3,(H,113,114)(H,115,116)/b10-7-,11-8-,19-16-,20-17-,21-18-,28-25-,29-26-,30-27-,37-34-,38-35-,39-36-,44-42-,45-43-,54-52-,68-65-. The zero-order valence-corrected chi connectivity index (χ0v) is 81.0. The molecule has 0 amide bonds. The highest BCUT2D eigenvalue weighted by Gasteiger charge is 2.30. The van der Waals surface area contributed by atoms with Crippen LogP contribution in [0, 0.1) is 0 Å². The molecule has 0 aromatic rings. The van der Waals surface area contributed by atoms with E-state index in [1.165, 1.54) is 173 Å². The summed E-state index contributed by atoms with van der Waals surface area (Å²) >= 11 is 0. The summed E-state index contributed by atoms with van der Waals surface area (Å²) in [7, 11) is -9.82. The molecule has 0 radical (unpaired) electrons. The smallest absolute Gasteiger partial charge is 0.463 e. The fourth-order valence-corrected chi connectivity index (χ4v) is 15.2. The Bertz CT molecular complexity index is 3000. The van der Waals surface area contributed by atoms with Gasteiger partial charge in [-0.15, -0.1) is 0 Å². The first-order valence-electron chi connectivity index (χ1n) is 50.1. The van der Waals surface area contributed by atoms with Crippen LogP contribution in [-0.4, -0.2) is 95.9 Å². The van der Waals surface area contributed by atoms with Gasteiger partial charge in [0.15, 0.2) is 6.10 Å². The number of carbonyl (C=O) groups excluding carboxylic acids is 3. The minimum Gasteiger partial charge on any atom is -0.463 e. The number of aliphatic hydroxyl groups excluding tert-OH is 2. The molecule has 5 atom stereocenters. The van der Waals surface area contributed by atoms with E-state index in [0.29, 0.717) is 19.3 Å². The van der Waals surface area contributed by atoms with E-state index in [9.17, 15) is 43.5 Å². The number of carbonyl (C=O) groups is 3. The van der Waals surface area contributed by atoms with E-state index in [1.54, 1.807) is 0 Å². The average molecular weight is 1790 g/mol. The van der Waals surface area contributed by atoms with Gasteiger partial charge in [-0.1, -0.05) is 421 Å². The molecule has 0 saturated heterocycles. The molecule has 0 spiro atoms. The lowest BCUT2D eigenvalue weighted by Gasteiger charge is -2.21. The van der Waals surface area contributed by atoms with Crippen LogP contribution in [0.4, 0.5) is 0 Å². The van der Waals surface area contributed by atoms with Gasteiger partial charge < -0.3 is 34.2 Å². The third-order valence-corrected chi connectivity index (χ3v) is 23.0. The Morgan fingerprint density at radius 3 is 0.672 bits per heavy atom.